The van der Waals surface area contributed by atoms with Gasteiger partial charge in [0.15, 0.2) is 6.61 Å². The van der Waals surface area contributed by atoms with Crippen LogP contribution in [-0.4, -0.2) is 37.5 Å². The van der Waals surface area contributed by atoms with Crippen molar-refractivity contribution in [3.05, 3.63) is 87.9 Å². The topological polar surface area (TPSA) is 93.7 Å². The van der Waals surface area contributed by atoms with Crippen molar-refractivity contribution in [2.24, 2.45) is 0 Å². The van der Waals surface area contributed by atoms with Crippen LogP contribution < -0.4 is 15.4 Å². The van der Waals surface area contributed by atoms with Gasteiger partial charge in [-0.2, -0.15) is 0 Å². The number of benzene rings is 2. The van der Waals surface area contributed by atoms with Crippen molar-refractivity contribution in [2.75, 3.05) is 19.8 Å². The highest BCUT2D eigenvalue weighted by molar-refractivity contribution is 7.10. The van der Waals surface area contributed by atoms with Crippen molar-refractivity contribution >= 4 is 29.1 Å². The van der Waals surface area contributed by atoms with Gasteiger partial charge in [-0.15, -0.1) is 11.3 Å². The number of carbonyl (C=O) groups is 3. The third kappa shape index (κ3) is 7.15. The van der Waals surface area contributed by atoms with E-state index in [-0.39, 0.29) is 12.4 Å². The molecule has 2 amide bonds. The van der Waals surface area contributed by atoms with E-state index in [2.05, 4.69) is 10.6 Å². The van der Waals surface area contributed by atoms with Crippen molar-refractivity contribution in [3.63, 3.8) is 0 Å². The summed E-state index contributed by atoms with van der Waals surface area (Å²) in [6, 6.07) is 15.5. The molecular formula is C24H23FN2O5S. The maximum absolute atomic E-state index is 13.3. The van der Waals surface area contributed by atoms with Gasteiger partial charge in [0.05, 0.1) is 12.6 Å². The molecule has 0 aliphatic rings. The molecule has 172 valence electrons. The largest absolute Gasteiger partial charge is 0.494 e. The number of halogens is 1. The Morgan fingerprint density at radius 2 is 1.76 bits per heavy atom. The van der Waals surface area contributed by atoms with E-state index in [9.17, 15) is 18.8 Å². The van der Waals surface area contributed by atoms with Crippen LogP contribution in [-0.2, 0) is 14.3 Å². The minimum atomic E-state index is -0.751. The van der Waals surface area contributed by atoms with Gasteiger partial charge in [-0.25, -0.2) is 4.39 Å². The number of rotatable bonds is 10. The Balaban J connectivity index is 1.48. The van der Waals surface area contributed by atoms with Crippen LogP contribution in [0, 0.1) is 5.82 Å². The summed E-state index contributed by atoms with van der Waals surface area (Å²) in [6.07, 6.45) is 0. The maximum Gasteiger partial charge on any atom is 0.325 e. The summed E-state index contributed by atoms with van der Waals surface area (Å²) < 4.78 is 23.6. The van der Waals surface area contributed by atoms with E-state index in [1.54, 1.807) is 36.4 Å². The predicted octanol–water partition coefficient (Wildman–Crippen LogP) is 3.46. The molecule has 0 saturated carbocycles. The molecule has 0 saturated heterocycles. The molecule has 2 aromatic carbocycles. The first-order valence-corrected chi connectivity index (χ1v) is 11.1. The summed E-state index contributed by atoms with van der Waals surface area (Å²) >= 11 is 1.44. The molecule has 1 unspecified atom stereocenters. The number of hydrogen-bond acceptors (Lipinski definition) is 6. The maximum atomic E-state index is 13.3. The normalized spacial score (nSPS) is 11.3. The average Bonchev–Trinajstić information content (AvgIpc) is 3.36. The van der Waals surface area contributed by atoms with E-state index in [0.717, 1.165) is 4.88 Å². The molecule has 0 fully saturated rings. The minimum Gasteiger partial charge on any atom is -0.494 e. The number of thiophene rings is 1. The lowest BCUT2D eigenvalue weighted by Crippen LogP contribution is -2.35. The van der Waals surface area contributed by atoms with E-state index in [1.807, 2.05) is 24.4 Å². The standard InChI is InChI=1S/C24H23FN2O5S/c1-2-31-19-11-7-17(8-12-19)24(30)26-14-22(29)32-15-21(28)27-23(20-4-3-13-33-20)16-5-9-18(25)10-6-16/h3-13,23H,2,14-15H2,1H3,(H,26,30)(H,27,28). The lowest BCUT2D eigenvalue weighted by atomic mass is 10.1. The molecule has 0 aliphatic heterocycles. The van der Waals surface area contributed by atoms with E-state index in [0.29, 0.717) is 23.5 Å². The average molecular weight is 471 g/mol. The first kappa shape index (κ1) is 23.9. The fraction of sp³-hybridized carbons (Fsp3) is 0.208. The van der Waals surface area contributed by atoms with Crippen LogP contribution in [0.1, 0.15) is 33.8 Å². The lowest BCUT2D eigenvalue weighted by Gasteiger charge is -2.18. The van der Waals surface area contributed by atoms with Crippen LogP contribution in [0.3, 0.4) is 0 Å². The van der Waals surface area contributed by atoms with Crippen molar-refractivity contribution in [1.29, 1.82) is 0 Å². The van der Waals surface area contributed by atoms with Crippen molar-refractivity contribution < 1.29 is 28.2 Å². The van der Waals surface area contributed by atoms with Gasteiger partial charge in [-0.3, -0.25) is 14.4 Å². The Morgan fingerprint density at radius 1 is 1.03 bits per heavy atom. The van der Waals surface area contributed by atoms with Gasteiger partial charge in [0, 0.05) is 10.4 Å². The van der Waals surface area contributed by atoms with Crippen LogP contribution >= 0.6 is 11.3 Å². The Hall–Kier alpha value is -3.72. The molecule has 0 bridgehead atoms. The Labute approximate surface area is 194 Å². The van der Waals surface area contributed by atoms with Crippen LogP contribution in [0.5, 0.6) is 5.75 Å². The SMILES string of the molecule is CCOc1ccc(C(=O)NCC(=O)OCC(=O)NC(c2ccc(F)cc2)c2cccs2)cc1. The van der Waals surface area contributed by atoms with Gasteiger partial charge in [0.2, 0.25) is 0 Å². The first-order valence-electron chi connectivity index (χ1n) is 10.2. The number of amides is 2. The Kier molecular flexibility index (Phi) is 8.54. The van der Waals surface area contributed by atoms with Crippen molar-refractivity contribution in [1.82, 2.24) is 10.6 Å². The first-order chi connectivity index (χ1) is 16.0. The molecule has 33 heavy (non-hydrogen) atoms. The molecule has 0 spiro atoms. The number of esters is 1. The van der Waals surface area contributed by atoms with Crippen LogP contribution in [0.15, 0.2) is 66.0 Å². The number of nitrogens with one attached hydrogen (secondary N) is 2. The highest BCUT2D eigenvalue weighted by Crippen LogP contribution is 2.26. The zero-order valence-electron chi connectivity index (χ0n) is 17.9. The van der Waals surface area contributed by atoms with E-state index in [1.165, 1.54) is 23.5 Å². The number of carbonyl (C=O) groups excluding carboxylic acids is 3. The summed E-state index contributed by atoms with van der Waals surface area (Å²) in [7, 11) is 0. The van der Waals surface area contributed by atoms with Gasteiger partial charge in [0.25, 0.3) is 11.8 Å². The number of hydrogen-bond donors (Lipinski definition) is 2. The van der Waals surface area contributed by atoms with Gasteiger partial charge in [0.1, 0.15) is 18.1 Å². The molecule has 0 aliphatic carbocycles. The molecule has 1 atom stereocenters. The van der Waals surface area contributed by atoms with Gasteiger partial charge in [-0.05, 0) is 60.3 Å². The second-order valence-corrected chi connectivity index (χ2v) is 7.85. The van der Waals surface area contributed by atoms with Gasteiger partial charge in [-0.1, -0.05) is 18.2 Å². The van der Waals surface area contributed by atoms with Gasteiger partial charge < -0.3 is 20.1 Å². The third-order valence-corrected chi connectivity index (χ3v) is 5.46. The molecule has 3 aromatic rings. The van der Waals surface area contributed by atoms with Gasteiger partial charge >= 0.3 is 5.97 Å². The summed E-state index contributed by atoms with van der Waals surface area (Å²) in [5.74, 6) is -1.46. The lowest BCUT2D eigenvalue weighted by molar-refractivity contribution is -0.147. The third-order valence-electron chi connectivity index (χ3n) is 4.52. The summed E-state index contributed by atoms with van der Waals surface area (Å²) in [6.45, 7) is 1.48. The quantitative estimate of drug-likeness (QED) is 0.443. The summed E-state index contributed by atoms with van der Waals surface area (Å²) in [5, 5.41) is 7.10. The van der Waals surface area contributed by atoms with Crippen LogP contribution in [0.2, 0.25) is 0 Å². The molecule has 7 nitrogen and oxygen atoms in total. The monoisotopic (exact) mass is 470 g/mol. The zero-order valence-corrected chi connectivity index (χ0v) is 18.7. The highest BCUT2D eigenvalue weighted by atomic mass is 32.1. The molecule has 9 heteroatoms. The molecule has 1 aromatic heterocycles. The fourth-order valence-electron chi connectivity index (χ4n) is 2.95. The van der Waals surface area contributed by atoms with E-state index in [4.69, 9.17) is 9.47 Å². The zero-order chi connectivity index (χ0) is 23.6. The molecule has 0 radical (unpaired) electrons. The summed E-state index contributed by atoms with van der Waals surface area (Å²) in [5.41, 5.74) is 1.06. The molecule has 2 N–H and O–H groups in total. The fourth-order valence-corrected chi connectivity index (χ4v) is 3.76. The predicted molar refractivity (Wildman–Crippen MR) is 122 cm³/mol. The minimum absolute atomic E-state index is 0.363. The van der Waals surface area contributed by atoms with E-state index >= 15 is 0 Å². The second kappa shape index (κ2) is 11.8. The van der Waals surface area contributed by atoms with Crippen LogP contribution in [0.25, 0.3) is 0 Å². The molecular weight excluding hydrogens is 447 g/mol. The molecule has 3 rings (SSSR count). The molecule has 1 heterocycles. The van der Waals surface area contributed by atoms with E-state index < -0.39 is 30.4 Å². The highest BCUT2D eigenvalue weighted by Gasteiger charge is 2.19. The summed E-state index contributed by atoms with van der Waals surface area (Å²) in [4.78, 5) is 37.3. The smallest absolute Gasteiger partial charge is 0.325 e. The van der Waals surface area contributed by atoms with Crippen LogP contribution in [0.4, 0.5) is 4.39 Å². The Bertz CT molecular complexity index is 1070. The second-order valence-electron chi connectivity index (χ2n) is 6.87. The Morgan fingerprint density at radius 3 is 2.39 bits per heavy atom. The van der Waals surface area contributed by atoms with Crippen molar-refractivity contribution in [3.8, 4) is 5.75 Å². The number of ether oxygens (including phenoxy) is 2. The van der Waals surface area contributed by atoms with Crippen molar-refractivity contribution in [2.45, 2.75) is 13.0 Å².